The molecule has 47 heavy (non-hydrogen) atoms. The number of Topliss-reactive ketones (excluding diaryl/α,β-unsaturated/α-hetero) is 2. The van der Waals surface area contributed by atoms with Crippen molar-refractivity contribution in [2.75, 3.05) is 20.5 Å². The first-order chi connectivity index (χ1) is 22.3. The minimum atomic E-state index is -2.02. The van der Waals surface area contributed by atoms with E-state index in [2.05, 4.69) is 5.32 Å². The first kappa shape index (κ1) is 33.9. The number of rotatable bonds is 9. The Morgan fingerprint density at radius 2 is 1.77 bits per heavy atom. The van der Waals surface area contributed by atoms with Crippen LogP contribution < -0.4 is 30.8 Å². The first-order valence-corrected chi connectivity index (χ1v) is 16.2. The fourth-order valence-electron chi connectivity index (χ4n) is 6.16. The van der Waals surface area contributed by atoms with Crippen molar-refractivity contribution in [3.05, 3.63) is 90.4 Å². The average molecular weight is 684 g/mol. The molecule has 0 saturated heterocycles. The standard InChI is InChI=1S/C33H34ClN3O9S/c1-16-11-21(38)26(30(41)33(16)31(42)27-22(44-4)14-23(45-5)28(34)29(27)46-33)20(17-7-9-19(47-6)10-8-17)13-24(39)35-15-18-12-25(40)37(3)32(43)36(18)2/h7-10,12,14,16,20,41H,11,13,15H2,1-6H3,(H,35,39). The molecule has 0 fully saturated rings. The lowest BCUT2D eigenvalue weighted by molar-refractivity contribution is -0.122. The Kier molecular flexibility index (Phi) is 9.33. The number of ether oxygens (including phenoxy) is 3. The van der Waals surface area contributed by atoms with Crippen LogP contribution in [0.2, 0.25) is 5.02 Å². The number of ketones is 2. The minimum absolute atomic E-state index is 0.000648. The Labute approximate surface area is 279 Å². The molecular formula is C33H34ClN3O9S. The van der Waals surface area contributed by atoms with Crippen molar-refractivity contribution in [2.24, 2.45) is 20.0 Å². The second-order valence-corrected chi connectivity index (χ2v) is 12.7. The van der Waals surface area contributed by atoms with Gasteiger partial charge in [0.25, 0.3) is 5.56 Å². The van der Waals surface area contributed by atoms with Crippen molar-refractivity contribution in [1.82, 2.24) is 14.5 Å². The van der Waals surface area contributed by atoms with E-state index in [9.17, 15) is 29.1 Å². The van der Waals surface area contributed by atoms with Crippen molar-refractivity contribution < 1.29 is 33.7 Å². The van der Waals surface area contributed by atoms with Crippen LogP contribution in [0.3, 0.4) is 0 Å². The number of nitrogens with one attached hydrogen (secondary N) is 1. The summed E-state index contributed by atoms with van der Waals surface area (Å²) in [7, 11) is 5.60. The molecule has 0 bridgehead atoms. The lowest BCUT2D eigenvalue weighted by atomic mass is 9.69. The maximum Gasteiger partial charge on any atom is 0.330 e. The van der Waals surface area contributed by atoms with Crippen molar-refractivity contribution in [2.45, 2.75) is 42.7 Å². The number of amides is 1. The molecule has 3 atom stereocenters. The van der Waals surface area contributed by atoms with Crippen molar-refractivity contribution >= 4 is 40.8 Å². The number of carbonyl (C=O) groups is 3. The average Bonchev–Trinajstić information content (AvgIpc) is 3.38. The Morgan fingerprint density at radius 3 is 2.38 bits per heavy atom. The number of aliphatic hydroxyl groups is 1. The number of methoxy groups -OCH3 is 2. The van der Waals surface area contributed by atoms with E-state index >= 15 is 0 Å². The highest BCUT2D eigenvalue weighted by molar-refractivity contribution is 7.98. The first-order valence-electron chi connectivity index (χ1n) is 14.6. The topological polar surface area (TPSA) is 155 Å². The van der Waals surface area contributed by atoms with Gasteiger partial charge in [-0.3, -0.25) is 28.3 Å². The predicted octanol–water partition coefficient (Wildman–Crippen LogP) is 3.70. The van der Waals surface area contributed by atoms with E-state index in [-0.39, 0.29) is 58.5 Å². The number of halogens is 1. The molecule has 2 heterocycles. The molecular weight excluding hydrogens is 650 g/mol. The predicted molar refractivity (Wildman–Crippen MR) is 175 cm³/mol. The van der Waals surface area contributed by atoms with Gasteiger partial charge in [-0.1, -0.05) is 30.7 Å². The smallest absolute Gasteiger partial charge is 0.330 e. The number of allylic oxidation sites excluding steroid dienone is 1. The zero-order valence-corrected chi connectivity index (χ0v) is 28.2. The van der Waals surface area contributed by atoms with Gasteiger partial charge in [-0.25, -0.2) is 4.79 Å². The van der Waals surface area contributed by atoms with E-state index < -0.39 is 51.9 Å². The zero-order chi connectivity index (χ0) is 34.4. The molecule has 1 aliphatic carbocycles. The number of benzene rings is 2. The summed E-state index contributed by atoms with van der Waals surface area (Å²) in [5, 5.41) is 14.8. The number of thioether (sulfide) groups is 1. The number of aromatic nitrogens is 2. The van der Waals surface area contributed by atoms with Gasteiger partial charge in [-0.2, -0.15) is 0 Å². The number of hydrogen-bond acceptors (Lipinski definition) is 10. The van der Waals surface area contributed by atoms with Crippen molar-refractivity contribution in [3.8, 4) is 17.2 Å². The highest BCUT2D eigenvalue weighted by atomic mass is 35.5. The van der Waals surface area contributed by atoms with Crippen LogP contribution in [-0.2, 0) is 30.2 Å². The van der Waals surface area contributed by atoms with Gasteiger partial charge in [0.15, 0.2) is 17.3 Å². The van der Waals surface area contributed by atoms with Gasteiger partial charge < -0.3 is 24.6 Å². The molecule has 0 saturated carbocycles. The number of carbonyl (C=O) groups excluding carboxylic acids is 3. The Bertz CT molecular complexity index is 1950. The molecule has 14 heteroatoms. The van der Waals surface area contributed by atoms with Crippen LogP contribution in [0.15, 0.2) is 62.2 Å². The number of fused-ring (bicyclic) bond motifs is 1. The highest BCUT2D eigenvalue weighted by Crippen LogP contribution is 2.55. The summed E-state index contributed by atoms with van der Waals surface area (Å²) in [5.41, 5.74) is -2.41. The fraction of sp³-hybridized carbons (Fsp3) is 0.364. The van der Waals surface area contributed by atoms with E-state index in [1.807, 2.05) is 18.4 Å². The van der Waals surface area contributed by atoms with Gasteiger partial charge in [-0.05, 0) is 24.0 Å². The molecule has 1 amide bonds. The summed E-state index contributed by atoms with van der Waals surface area (Å²) in [5.74, 6) is -3.79. The van der Waals surface area contributed by atoms with Crippen LogP contribution in [0.4, 0.5) is 0 Å². The molecule has 5 rings (SSSR count). The molecule has 2 aromatic carbocycles. The van der Waals surface area contributed by atoms with Gasteiger partial charge in [0.1, 0.15) is 22.1 Å². The van der Waals surface area contributed by atoms with Crippen LogP contribution in [0.1, 0.15) is 47.3 Å². The molecule has 1 aromatic heterocycles. The summed E-state index contributed by atoms with van der Waals surface area (Å²) >= 11 is 8.08. The minimum Gasteiger partial charge on any atom is -0.507 e. The molecule has 1 spiro atoms. The molecule has 3 aromatic rings. The largest absolute Gasteiger partial charge is 0.507 e. The summed E-state index contributed by atoms with van der Waals surface area (Å²) in [6.45, 7) is 1.48. The maximum atomic E-state index is 14.3. The van der Waals surface area contributed by atoms with Gasteiger partial charge in [-0.15, -0.1) is 11.8 Å². The monoisotopic (exact) mass is 683 g/mol. The van der Waals surface area contributed by atoms with Crippen LogP contribution in [-0.4, -0.2) is 57.8 Å². The van der Waals surface area contributed by atoms with Crippen LogP contribution >= 0.6 is 23.4 Å². The Morgan fingerprint density at radius 1 is 1.11 bits per heavy atom. The van der Waals surface area contributed by atoms with E-state index in [4.69, 9.17) is 25.8 Å². The van der Waals surface area contributed by atoms with Crippen molar-refractivity contribution in [3.63, 3.8) is 0 Å². The highest BCUT2D eigenvalue weighted by Gasteiger charge is 2.61. The van der Waals surface area contributed by atoms with Crippen LogP contribution in [0.25, 0.3) is 0 Å². The lowest BCUT2D eigenvalue weighted by Gasteiger charge is -2.38. The molecule has 0 radical (unpaired) electrons. The molecule has 2 N–H and O–H groups in total. The molecule has 12 nitrogen and oxygen atoms in total. The van der Waals surface area contributed by atoms with Gasteiger partial charge in [0, 0.05) is 67.1 Å². The number of aliphatic hydroxyl groups excluding tert-OH is 1. The lowest BCUT2D eigenvalue weighted by Crippen LogP contribution is -2.53. The molecule has 1 aliphatic heterocycles. The Hall–Kier alpha value is -4.49. The molecule has 2 aliphatic rings. The third-order valence-electron chi connectivity index (χ3n) is 8.86. The number of hydrogen-bond donors (Lipinski definition) is 2. The molecule has 3 unspecified atom stereocenters. The quantitative estimate of drug-likeness (QED) is 0.319. The van der Waals surface area contributed by atoms with E-state index in [1.165, 1.54) is 56.8 Å². The van der Waals surface area contributed by atoms with Crippen LogP contribution in [0, 0.1) is 5.92 Å². The summed E-state index contributed by atoms with van der Waals surface area (Å²) in [6.07, 6.45) is 1.42. The SMILES string of the molecule is COc1cc(OC)c2c(c1Cl)OC1(C2=O)C(O)=C(C(CC(=O)NCc2cc(=O)n(C)c(=O)n2C)c2ccc(SC)cc2)C(=O)CC1C. The summed E-state index contributed by atoms with van der Waals surface area (Å²) < 4.78 is 19.3. The summed E-state index contributed by atoms with van der Waals surface area (Å²) in [4.78, 5) is 67.1. The normalized spacial score (nSPS) is 19.4. The van der Waals surface area contributed by atoms with E-state index in [0.29, 0.717) is 5.56 Å². The summed E-state index contributed by atoms with van der Waals surface area (Å²) in [6, 6.07) is 9.86. The second-order valence-electron chi connectivity index (χ2n) is 11.4. The molecule has 248 valence electrons. The third-order valence-corrected chi connectivity index (χ3v) is 9.96. The van der Waals surface area contributed by atoms with E-state index in [0.717, 1.165) is 9.46 Å². The Balaban J connectivity index is 1.59. The second kappa shape index (κ2) is 13.0. The van der Waals surface area contributed by atoms with E-state index in [1.54, 1.807) is 19.1 Å². The van der Waals surface area contributed by atoms with Crippen molar-refractivity contribution in [1.29, 1.82) is 0 Å². The number of nitrogens with zero attached hydrogens (tertiary/aromatic N) is 2. The van der Waals surface area contributed by atoms with Gasteiger partial charge in [0.2, 0.25) is 17.3 Å². The fourth-order valence-corrected chi connectivity index (χ4v) is 6.83. The third kappa shape index (κ3) is 5.61. The van der Waals surface area contributed by atoms with Gasteiger partial charge in [0.05, 0.1) is 20.8 Å². The maximum absolute atomic E-state index is 14.3. The zero-order valence-electron chi connectivity index (χ0n) is 26.6. The van der Waals surface area contributed by atoms with Gasteiger partial charge >= 0.3 is 5.69 Å². The van der Waals surface area contributed by atoms with Crippen LogP contribution in [0.5, 0.6) is 17.2 Å².